The number of aliphatic imine (C=N–C) groups is 1. The van der Waals surface area contributed by atoms with Gasteiger partial charge in [-0.3, -0.25) is 9.89 Å². The molecule has 1 aromatic rings. The summed E-state index contributed by atoms with van der Waals surface area (Å²) in [5, 5.41) is 4.52. The molecular formula is C22H33ClN4O. The molecule has 1 spiro atoms. The molecule has 3 unspecified atom stereocenters. The maximum atomic E-state index is 6.28. The van der Waals surface area contributed by atoms with E-state index in [1.54, 1.807) is 0 Å². The fourth-order valence-corrected chi connectivity index (χ4v) is 5.53. The molecule has 154 valence electrons. The minimum absolute atomic E-state index is 0.353. The van der Waals surface area contributed by atoms with Crippen LogP contribution in [-0.4, -0.2) is 69.2 Å². The van der Waals surface area contributed by atoms with Gasteiger partial charge in [-0.05, 0) is 62.9 Å². The number of guanidine groups is 1. The van der Waals surface area contributed by atoms with Crippen molar-refractivity contribution in [1.29, 1.82) is 0 Å². The Balaban J connectivity index is 1.41. The molecule has 3 heterocycles. The average Bonchev–Trinajstić information content (AvgIpc) is 3.32. The third-order valence-corrected chi connectivity index (χ3v) is 7.09. The van der Waals surface area contributed by atoms with E-state index in [9.17, 15) is 0 Å². The van der Waals surface area contributed by atoms with E-state index in [2.05, 4.69) is 45.4 Å². The number of likely N-dealkylation sites (tertiary alicyclic amines) is 2. The van der Waals surface area contributed by atoms with E-state index in [-0.39, 0.29) is 0 Å². The number of halogens is 1. The minimum atomic E-state index is 0.353. The number of nitrogens with one attached hydrogen (secondary N) is 1. The second-order valence-electron chi connectivity index (χ2n) is 8.79. The molecule has 1 aromatic carbocycles. The predicted molar refractivity (Wildman–Crippen MR) is 115 cm³/mol. The Morgan fingerprint density at radius 3 is 3.00 bits per heavy atom. The molecule has 1 N–H and O–H groups in total. The van der Waals surface area contributed by atoms with Gasteiger partial charge in [-0.2, -0.15) is 0 Å². The molecule has 0 aliphatic carbocycles. The van der Waals surface area contributed by atoms with Gasteiger partial charge in [0.2, 0.25) is 0 Å². The molecule has 0 saturated carbocycles. The van der Waals surface area contributed by atoms with Crippen LogP contribution >= 0.6 is 11.6 Å². The SMILES string of the molecule is CN=C(NCC1CCCN(C)C1c1cccc(Cl)c1)N1CCC2(CCOC2)C1. The van der Waals surface area contributed by atoms with Crippen molar-refractivity contribution in [2.45, 2.75) is 31.7 Å². The molecule has 5 nitrogen and oxygen atoms in total. The van der Waals surface area contributed by atoms with Crippen LogP contribution in [0.25, 0.3) is 0 Å². The van der Waals surface area contributed by atoms with Gasteiger partial charge in [0.1, 0.15) is 0 Å². The Morgan fingerprint density at radius 2 is 2.25 bits per heavy atom. The van der Waals surface area contributed by atoms with E-state index >= 15 is 0 Å². The lowest BCUT2D eigenvalue weighted by Gasteiger charge is -2.40. The van der Waals surface area contributed by atoms with Crippen molar-refractivity contribution in [2.24, 2.45) is 16.3 Å². The van der Waals surface area contributed by atoms with Gasteiger partial charge in [0.05, 0.1) is 6.61 Å². The summed E-state index contributed by atoms with van der Waals surface area (Å²) in [6.07, 6.45) is 4.86. The van der Waals surface area contributed by atoms with Crippen LogP contribution in [0.5, 0.6) is 0 Å². The number of ether oxygens (including phenoxy) is 1. The van der Waals surface area contributed by atoms with E-state index in [0.29, 0.717) is 17.4 Å². The van der Waals surface area contributed by atoms with E-state index in [1.165, 1.54) is 31.2 Å². The molecule has 3 aliphatic heterocycles. The number of hydrogen-bond donors (Lipinski definition) is 1. The van der Waals surface area contributed by atoms with Gasteiger partial charge in [0.25, 0.3) is 0 Å². The summed E-state index contributed by atoms with van der Waals surface area (Å²) in [4.78, 5) is 9.50. The highest BCUT2D eigenvalue weighted by atomic mass is 35.5. The molecule has 0 bridgehead atoms. The van der Waals surface area contributed by atoms with Crippen LogP contribution in [0.4, 0.5) is 0 Å². The number of hydrogen-bond acceptors (Lipinski definition) is 3. The lowest BCUT2D eigenvalue weighted by molar-refractivity contribution is 0.122. The summed E-state index contributed by atoms with van der Waals surface area (Å²) in [7, 11) is 4.14. The highest BCUT2D eigenvalue weighted by Crippen LogP contribution is 2.38. The Morgan fingerprint density at radius 1 is 1.36 bits per heavy atom. The third-order valence-electron chi connectivity index (χ3n) is 6.85. The van der Waals surface area contributed by atoms with Crippen molar-refractivity contribution in [1.82, 2.24) is 15.1 Å². The number of rotatable bonds is 3. The fraction of sp³-hybridized carbons (Fsp3) is 0.682. The van der Waals surface area contributed by atoms with Crippen molar-refractivity contribution in [3.05, 3.63) is 34.9 Å². The Hall–Kier alpha value is -1.30. The van der Waals surface area contributed by atoms with Crippen molar-refractivity contribution in [3.8, 4) is 0 Å². The number of benzene rings is 1. The molecule has 6 heteroatoms. The lowest BCUT2D eigenvalue weighted by atomic mass is 9.85. The second-order valence-corrected chi connectivity index (χ2v) is 9.22. The summed E-state index contributed by atoms with van der Waals surface area (Å²) < 4.78 is 5.68. The normalized spacial score (nSPS) is 31.7. The van der Waals surface area contributed by atoms with Crippen LogP contribution < -0.4 is 5.32 Å². The number of nitrogens with zero attached hydrogens (tertiary/aromatic N) is 3. The van der Waals surface area contributed by atoms with Gasteiger partial charge in [-0.15, -0.1) is 0 Å². The third kappa shape index (κ3) is 4.17. The summed E-state index contributed by atoms with van der Waals surface area (Å²) in [6, 6.07) is 8.76. The van der Waals surface area contributed by atoms with Crippen LogP contribution in [0.3, 0.4) is 0 Å². The first kappa shape index (κ1) is 20.0. The molecular weight excluding hydrogens is 372 g/mol. The molecule has 3 atom stereocenters. The lowest BCUT2D eigenvalue weighted by Crippen LogP contribution is -2.46. The zero-order chi connectivity index (χ0) is 19.6. The Labute approximate surface area is 174 Å². The van der Waals surface area contributed by atoms with Crippen molar-refractivity contribution < 1.29 is 4.74 Å². The molecule has 4 rings (SSSR count). The second kappa shape index (κ2) is 8.60. The van der Waals surface area contributed by atoms with Crippen LogP contribution in [0.15, 0.2) is 29.3 Å². The van der Waals surface area contributed by atoms with Crippen LogP contribution in [0.2, 0.25) is 5.02 Å². The first-order valence-electron chi connectivity index (χ1n) is 10.6. The molecule has 0 amide bonds. The summed E-state index contributed by atoms with van der Waals surface area (Å²) in [5.41, 5.74) is 1.67. The van der Waals surface area contributed by atoms with E-state index in [1.807, 2.05) is 13.1 Å². The van der Waals surface area contributed by atoms with Crippen molar-refractivity contribution >= 4 is 17.6 Å². The van der Waals surface area contributed by atoms with Gasteiger partial charge in [-0.25, -0.2) is 0 Å². The largest absolute Gasteiger partial charge is 0.381 e. The van der Waals surface area contributed by atoms with Gasteiger partial charge in [0.15, 0.2) is 5.96 Å². The molecule has 3 fully saturated rings. The van der Waals surface area contributed by atoms with E-state index in [0.717, 1.165) is 50.4 Å². The molecule has 28 heavy (non-hydrogen) atoms. The first-order chi connectivity index (χ1) is 13.6. The molecule has 3 saturated heterocycles. The topological polar surface area (TPSA) is 40.1 Å². The van der Waals surface area contributed by atoms with Gasteiger partial charge < -0.3 is 15.0 Å². The zero-order valence-corrected chi connectivity index (χ0v) is 17.9. The van der Waals surface area contributed by atoms with Crippen LogP contribution in [0.1, 0.15) is 37.3 Å². The smallest absolute Gasteiger partial charge is 0.193 e. The number of piperidine rings is 1. The van der Waals surface area contributed by atoms with E-state index in [4.69, 9.17) is 16.3 Å². The predicted octanol–water partition coefficient (Wildman–Crippen LogP) is 3.41. The molecule has 3 aliphatic rings. The maximum absolute atomic E-state index is 6.28. The van der Waals surface area contributed by atoms with Crippen molar-refractivity contribution in [3.63, 3.8) is 0 Å². The highest BCUT2D eigenvalue weighted by Gasteiger charge is 2.42. The standard InChI is InChI=1S/C22H33ClN4O/c1-24-21(27-11-8-22(15-27)9-12-28-16-22)25-14-18-6-4-10-26(2)20(18)17-5-3-7-19(23)13-17/h3,5,7,13,18,20H,4,6,8-12,14-16H2,1-2H3,(H,24,25). The zero-order valence-electron chi connectivity index (χ0n) is 17.2. The van der Waals surface area contributed by atoms with E-state index < -0.39 is 0 Å². The summed E-state index contributed by atoms with van der Waals surface area (Å²) in [5.74, 6) is 1.59. The van der Waals surface area contributed by atoms with Gasteiger partial charge in [0, 0.05) is 49.8 Å². The Kier molecular flexibility index (Phi) is 6.14. The fourth-order valence-electron chi connectivity index (χ4n) is 5.33. The average molecular weight is 405 g/mol. The maximum Gasteiger partial charge on any atom is 0.193 e. The Bertz CT molecular complexity index is 704. The van der Waals surface area contributed by atoms with Crippen LogP contribution in [-0.2, 0) is 4.74 Å². The highest BCUT2D eigenvalue weighted by molar-refractivity contribution is 6.30. The summed E-state index contributed by atoms with van der Waals surface area (Å²) in [6.45, 7) is 6.03. The summed E-state index contributed by atoms with van der Waals surface area (Å²) >= 11 is 6.28. The van der Waals surface area contributed by atoms with Crippen LogP contribution in [0, 0.1) is 11.3 Å². The molecule has 0 aromatic heterocycles. The minimum Gasteiger partial charge on any atom is -0.381 e. The van der Waals surface area contributed by atoms with Gasteiger partial charge in [-0.1, -0.05) is 23.7 Å². The van der Waals surface area contributed by atoms with Gasteiger partial charge >= 0.3 is 0 Å². The monoisotopic (exact) mass is 404 g/mol. The van der Waals surface area contributed by atoms with Crippen molar-refractivity contribution in [2.75, 3.05) is 53.5 Å². The quantitative estimate of drug-likeness (QED) is 0.619. The first-order valence-corrected chi connectivity index (χ1v) is 11.0. The molecule has 0 radical (unpaired) electrons.